The second kappa shape index (κ2) is 5.51. The molecule has 2 fully saturated rings. The molecule has 3 atom stereocenters. The molecule has 1 heterocycles. The number of nitrogens with zero attached hydrogens (tertiary/aromatic N) is 1. The number of hydrogen-bond acceptors (Lipinski definition) is 3. The minimum Gasteiger partial charge on any atom is -0.348 e. The number of hydrogen-bond donors (Lipinski definition) is 1. The fraction of sp³-hybridized carbons (Fsp3) is 0.444. The Hall–Kier alpha value is -1.68. The van der Waals surface area contributed by atoms with E-state index in [0.717, 1.165) is 12.1 Å². The molecule has 1 aromatic heterocycles. The first kappa shape index (κ1) is 13.9. The molecule has 0 radical (unpaired) electrons. The van der Waals surface area contributed by atoms with Crippen molar-refractivity contribution >= 4 is 17.2 Å². The lowest BCUT2D eigenvalue weighted by Crippen LogP contribution is -2.28. The summed E-state index contributed by atoms with van der Waals surface area (Å²) < 4.78 is 0. The van der Waals surface area contributed by atoms with Crippen LogP contribution in [-0.2, 0) is 4.79 Å². The SMILES string of the molecule is C[C@H](NC(=O)[C@@H]1C[C@@H]1c1ccccc1)c1csc(C2CC2)n1. The molecule has 114 valence electrons. The molecular formula is C18H20N2OS. The van der Waals surface area contributed by atoms with E-state index in [-0.39, 0.29) is 17.9 Å². The van der Waals surface area contributed by atoms with Crippen molar-refractivity contribution < 1.29 is 4.79 Å². The topological polar surface area (TPSA) is 42.0 Å². The van der Waals surface area contributed by atoms with Crippen molar-refractivity contribution in [3.63, 3.8) is 0 Å². The van der Waals surface area contributed by atoms with Crippen LogP contribution in [0.25, 0.3) is 0 Å². The molecule has 1 amide bonds. The third-order valence-electron chi connectivity index (χ3n) is 4.62. The lowest BCUT2D eigenvalue weighted by Gasteiger charge is -2.11. The summed E-state index contributed by atoms with van der Waals surface area (Å²) in [6.45, 7) is 2.03. The molecule has 1 N–H and O–H groups in total. The fourth-order valence-corrected chi connectivity index (χ4v) is 4.05. The van der Waals surface area contributed by atoms with E-state index in [1.807, 2.05) is 25.1 Å². The van der Waals surface area contributed by atoms with Gasteiger partial charge in [-0.1, -0.05) is 30.3 Å². The molecule has 22 heavy (non-hydrogen) atoms. The van der Waals surface area contributed by atoms with Crippen molar-refractivity contribution in [3.05, 3.63) is 52.0 Å². The van der Waals surface area contributed by atoms with Crippen molar-refractivity contribution in [1.29, 1.82) is 0 Å². The van der Waals surface area contributed by atoms with Crippen LogP contribution in [0.3, 0.4) is 0 Å². The van der Waals surface area contributed by atoms with Gasteiger partial charge in [-0.05, 0) is 37.7 Å². The normalized spacial score (nSPS) is 24.8. The van der Waals surface area contributed by atoms with Crippen molar-refractivity contribution in [1.82, 2.24) is 10.3 Å². The van der Waals surface area contributed by atoms with Gasteiger partial charge in [0.25, 0.3) is 0 Å². The van der Waals surface area contributed by atoms with Gasteiger partial charge in [0.05, 0.1) is 16.7 Å². The first-order chi connectivity index (χ1) is 10.7. The number of rotatable bonds is 5. The van der Waals surface area contributed by atoms with Crippen LogP contribution in [0.4, 0.5) is 0 Å². The van der Waals surface area contributed by atoms with Gasteiger partial charge in [-0.2, -0.15) is 0 Å². The summed E-state index contributed by atoms with van der Waals surface area (Å²) in [6.07, 6.45) is 3.51. The summed E-state index contributed by atoms with van der Waals surface area (Å²) in [7, 11) is 0. The molecule has 2 saturated carbocycles. The molecule has 2 aromatic rings. The molecule has 0 bridgehead atoms. The molecule has 4 heteroatoms. The molecule has 0 spiro atoms. The summed E-state index contributed by atoms with van der Waals surface area (Å²) in [4.78, 5) is 17.1. The summed E-state index contributed by atoms with van der Waals surface area (Å²) >= 11 is 1.73. The van der Waals surface area contributed by atoms with Gasteiger partial charge in [0.1, 0.15) is 0 Å². The monoisotopic (exact) mass is 312 g/mol. The van der Waals surface area contributed by atoms with E-state index >= 15 is 0 Å². The molecule has 1 aromatic carbocycles. The highest BCUT2D eigenvalue weighted by atomic mass is 32.1. The smallest absolute Gasteiger partial charge is 0.224 e. The minimum absolute atomic E-state index is 0.00766. The Labute approximate surface area is 134 Å². The predicted molar refractivity (Wildman–Crippen MR) is 87.9 cm³/mol. The van der Waals surface area contributed by atoms with Crippen LogP contribution >= 0.6 is 11.3 Å². The number of amides is 1. The van der Waals surface area contributed by atoms with Gasteiger partial charge in [-0.25, -0.2) is 4.98 Å². The van der Waals surface area contributed by atoms with Crippen LogP contribution in [0, 0.1) is 5.92 Å². The quantitative estimate of drug-likeness (QED) is 0.906. The van der Waals surface area contributed by atoms with Crippen molar-refractivity contribution in [2.75, 3.05) is 0 Å². The zero-order valence-electron chi connectivity index (χ0n) is 12.7. The van der Waals surface area contributed by atoms with Crippen molar-refractivity contribution in [2.24, 2.45) is 5.92 Å². The average Bonchev–Trinajstić information content (AvgIpc) is 3.46. The van der Waals surface area contributed by atoms with Crippen molar-refractivity contribution in [3.8, 4) is 0 Å². The minimum atomic E-state index is 0.00766. The summed E-state index contributed by atoms with van der Waals surface area (Å²) in [5, 5.41) is 6.47. The molecule has 4 rings (SSSR count). The third kappa shape index (κ3) is 2.80. The van der Waals surface area contributed by atoms with Crippen LogP contribution in [0.5, 0.6) is 0 Å². The number of thiazole rings is 1. The highest BCUT2D eigenvalue weighted by Crippen LogP contribution is 2.47. The maximum Gasteiger partial charge on any atom is 0.224 e. The van der Waals surface area contributed by atoms with E-state index in [1.165, 1.54) is 23.4 Å². The van der Waals surface area contributed by atoms with Crippen LogP contribution in [0.15, 0.2) is 35.7 Å². The summed E-state index contributed by atoms with van der Waals surface area (Å²) in [5.74, 6) is 1.38. The van der Waals surface area contributed by atoms with Gasteiger partial charge in [-0.15, -0.1) is 11.3 Å². The van der Waals surface area contributed by atoms with Gasteiger partial charge in [-0.3, -0.25) is 4.79 Å². The maximum atomic E-state index is 12.4. The highest BCUT2D eigenvalue weighted by molar-refractivity contribution is 7.09. The van der Waals surface area contributed by atoms with Gasteiger partial charge in [0.2, 0.25) is 5.91 Å². The zero-order valence-corrected chi connectivity index (χ0v) is 13.5. The Balaban J connectivity index is 1.36. The highest BCUT2D eigenvalue weighted by Gasteiger charge is 2.44. The molecule has 0 unspecified atom stereocenters. The van der Waals surface area contributed by atoms with Crippen LogP contribution in [-0.4, -0.2) is 10.9 Å². The Morgan fingerprint density at radius 2 is 2.09 bits per heavy atom. The van der Waals surface area contributed by atoms with Crippen molar-refractivity contribution in [2.45, 2.75) is 44.1 Å². The number of nitrogens with one attached hydrogen (secondary N) is 1. The molecule has 3 nitrogen and oxygen atoms in total. The number of carbonyl (C=O) groups is 1. The van der Waals surface area contributed by atoms with E-state index < -0.39 is 0 Å². The summed E-state index contributed by atoms with van der Waals surface area (Å²) in [6, 6.07) is 10.3. The Morgan fingerprint density at radius 1 is 1.32 bits per heavy atom. The number of carbonyl (C=O) groups excluding carboxylic acids is 1. The second-order valence-electron chi connectivity index (χ2n) is 6.47. The second-order valence-corrected chi connectivity index (χ2v) is 7.36. The van der Waals surface area contributed by atoms with E-state index in [4.69, 9.17) is 0 Å². The van der Waals surface area contributed by atoms with E-state index in [9.17, 15) is 4.79 Å². The standard InChI is InChI=1S/C18H20N2OS/c1-11(16-10-22-18(20-16)13-7-8-13)19-17(21)15-9-14(15)12-5-3-2-4-6-12/h2-6,10-11,13-15H,7-9H2,1H3,(H,19,21)/t11-,14+,15+/m0/s1. The first-order valence-electron chi connectivity index (χ1n) is 8.03. The maximum absolute atomic E-state index is 12.4. The lowest BCUT2D eigenvalue weighted by atomic mass is 10.1. The average molecular weight is 312 g/mol. The van der Waals surface area contributed by atoms with E-state index in [2.05, 4.69) is 27.8 Å². The van der Waals surface area contributed by atoms with Crippen LogP contribution in [0.2, 0.25) is 0 Å². The Bertz CT molecular complexity index is 677. The van der Waals surface area contributed by atoms with Gasteiger partial charge >= 0.3 is 0 Å². The molecule has 0 saturated heterocycles. The molecule has 2 aliphatic rings. The first-order valence-corrected chi connectivity index (χ1v) is 8.91. The largest absolute Gasteiger partial charge is 0.348 e. The van der Waals surface area contributed by atoms with E-state index in [0.29, 0.717) is 11.8 Å². The molecular weight excluding hydrogens is 292 g/mol. The zero-order chi connectivity index (χ0) is 15.1. The number of benzene rings is 1. The van der Waals surface area contributed by atoms with Gasteiger partial charge in [0.15, 0.2) is 0 Å². The molecule has 2 aliphatic carbocycles. The summed E-state index contributed by atoms with van der Waals surface area (Å²) in [5.41, 5.74) is 2.29. The Kier molecular flexibility index (Phi) is 3.49. The molecule has 0 aliphatic heterocycles. The third-order valence-corrected chi connectivity index (χ3v) is 5.65. The fourth-order valence-electron chi connectivity index (χ4n) is 2.97. The van der Waals surface area contributed by atoms with Crippen LogP contribution in [0.1, 0.15) is 60.3 Å². The van der Waals surface area contributed by atoms with Gasteiger partial charge in [0, 0.05) is 17.2 Å². The van der Waals surface area contributed by atoms with Crippen LogP contribution < -0.4 is 5.32 Å². The van der Waals surface area contributed by atoms with Gasteiger partial charge < -0.3 is 5.32 Å². The lowest BCUT2D eigenvalue weighted by molar-refractivity contribution is -0.123. The number of aromatic nitrogens is 1. The predicted octanol–water partition coefficient (Wildman–Crippen LogP) is 4.00. The Morgan fingerprint density at radius 3 is 2.82 bits per heavy atom. The van der Waals surface area contributed by atoms with E-state index in [1.54, 1.807) is 11.3 Å².